The van der Waals surface area contributed by atoms with Gasteiger partial charge in [0, 0.05) is 32.3 Å². The molecule has 2 aliphatic rings. The zero-order valence-corrected chi connectivity index (χ0v) is 16.6. The van der Waals surface area contributed by atoms with Crippen LogP contribution in [0.1, 0.15) is 25.7 Å². The van der Waals surface area contributed by atoms with Crippen molar-refractivity contribution in [3.8, 4) is 11.6 Å². The van der Waals surface area contributed by atoms with E-state index in [2.05, 4.69) is 25.5 Å². The topological polar surface area (TPSA) is 71.5 Å². The summed E-state index contributed by atoms with van der Waals surface area (Å²) in [6, 6.07) is 11.5. The first-order valence-corrected chi connectivity index (χ1v) is 10.2. The number of rotatable bonds is 6. The van der Waals surface area contributed by atoms with Crippen LogP contribution < -0.4 is 20.3 Å². The molecule has 28 heavy (non-hydrogen) atoms. The summed E-state index contributed by atoms with van der Waals surface area (Å²) in [5.41, 5.74) is 0. The third-order valence-corrected chi connectivity index (χ3v) is 5.07. The van der Waals surface area contributed by atoms with Crippen molar-refractivity contribution in [2.75, 3.05) is 36.5 Å². The Balaban J connectivity index is 1.47. The molecule has 0 bridgehead atoms. The Kier molecular flexibility index (Phi) is 6.18. The standard InChI is InChI=1S/C20H25N5O2S/c28-20(21-14-16-9-6-12-26-16)24-19-22-17(25-10-4-5-11-25)13-18(23-19)27-15-7-2-1-3-8-15/h1-3,7-8,13,16H,4-6,9-12,14H2,(H2,21,22,23,24,28)/t16-/m1/s1. The van der Waals surface area contributed by atoms with E-state index in [-0.39, 0.29) is 6.10 Å². The molecule has 4 rings (SSSR count). The number of nitrogens with one attached hydrogen (secondary N) is 2. The molecule has 2 N–H and O–H groups in total. The Morgan fingerprint density at radius 3 is 2.75 bits per heavy atom. The zero-order valence-electron chi connectivity index (χ0n) is 15.8. The van der Waals surface area contributed by atoms with Gasteiger partial charge in [0.15, 0.2) is 5.11 Å². The SMILES string of the molecule is S=C(NC[C@H]1CCCO1)Nc1nc(Oc2ccccc2)cc(N2CCCC2)n1. The Labute approximate surface area is 170 Å². The molecule has 0 saturated carbocycles. The van der Waals surface area contributed by atoms with E-state index in [1.165, 1.54) is 12.8 Å². The number of benzene rings is 1. The Morgan fingerprint density at radius 2 is 2.00 bits per heavy atom. The van der Waals surface area contributed by atoms with Gasteiger partial charge in [-0.1, -0.05) is 18.2 Å². The molecule has 2 fully saturated rings. The quantitative estimate of drug-likeness (QED) is 0.717. The monoisotopic (exact) mass is 399 g/mol. The van der Waals surface area contributed by atoms with Crippen molar-refractivity contribution in [2.45, 2.75) is 31.8 Å². The van der Waals surface area contributed by atoms with Crippen molar-refractivity contribution in [2.24, 2.45) is 0 Å². The van der Waals surface area contributed by atoms with Gasteiger partial charge in [-0.2, -0.15) is 9.97 Å². The number of hydrogen-bond donors (Lipinski definition) is 2. The second-order valence-electron chi connectivity index (χ2n) is 6.97. The molecular weight excluding hydrogens is 374 g/mol. The highest BCUT2D eigenvalue weighted by atomic mass is 32.1. The van der Waals surface area contributed by atoms with E-state index in [1.54, 1.807) is 0 Å². The van der Waals surface area contributed by atoms with Crippen LogP contribution in [0.4, 0.5) is 11.8 Å². The van der Waals surface area contributed by atoms with Crippen molar-refractivity contribution in [1.29, 1.82) is 0 Å². The smallest absolute Gasteiger partial charge is 0.234 e. The van der Waals surface area contributed by atoms with Gasteiger partial charge in [-0.3, -0.25) is 0 Å². The number of ether oxygens (including phenoxy) is 2. The first-order valence-electron chi connectivity index (χ1n) is 9.80. The highest BCUT2D eigenvalue weighted by Gasteiger charge is 2.18. The molecule has 0 radical (unpaired) electrons. The van der Waals surface area contributed by atoms with E-state index >= 15 is 0 Å². The van der Waals surface area contributed by atoms with Crippen molar-refractivity contribution >= 4 is 29.1 Å². The van der Waals surface area contributed by atoms with E-state index in [0.29, 0.717) is 23.5 Å². The fraction of sp³-hybridized carbons (Fsp3) is 0.450. The predicted octanol–water partition coefficient (Wildman–Crippen LogP) is 3.33. The third-order valence-electron chi connectivity index (χ3n) is 4.82. The molecule has 0 unspecified atom stereocenters. The molecule has 1 aromatic carbocycles. The van der Waals surface area contributed by atoms with Crippen LogP contribution in [0, 0.1) is 0 Å². The molecule has 148 valence electrons. The molecule has 1 aromatic heterocycles. The van der Waals surface area contributed by atoms with Gasteiger partial charge >= 0.3 is 0 Å². The number of aromatic nitrogens is 2. The predicted molar refractivity (Wildman–Crippen MR) is 113 cm³/mol. The van der Waals surface area contributed by atoms with E-state index in [9.17, 15) is 0 Å². The number of para-hydroxylation sites is 1. The summed E-state index contributed by atoms with van der Waals surface area (Å²) in [5.74, 6) is 2.51. The fourth-order valence-electron chi connectivity index (χ4n) is 3.40. The van der Waals surface area contributed by atoms with Crippen LogP contribution in [0.25, 0.3) is 0 Å². The first-order chi connectivity index (χ1) is 13.8. The van der Waals surface area contributed by atoms with Crippen molar-refractivity contribution in [3.63, 3.8) is 0 Å². The number of nitrogens with zero attached hydrogens (tertiary/aromatic N) is 3. The highest BCUT2D eigenvalue weighted by molar-refractivity contribution is 7.80. The Hall–Kier alpha value is -2.45. The van der Waals surface area contributed by atoms with E-state index in [4.69, 9.17) is 21.7 Å². The Morgan fingerprint density at radius 1 is 1.18 bits per heavy atom. The van der Waals surface area contributed by atoms with Gasteiger partial charge in [-0.05, 0) is 50.0 Å². The van der Waals surface area contributed by atoms with Gasteiger partial charge in [-0.25, -0.2) is 0 Å². The number of hydrogen-bond acceptors (Lipinski definition) is 6. The second-order valence-corrected chi connectivity index (χ2v) is 7.38. The summed E-state index contributed by atoms with van der Waals surface area (Å²) in [7, 11) is 0. The lowest BCUT2D eigenvalue weighted by atomic mass is 10.2. The van der Waals surface area contributed by atoms with E-state index < -0.39 is 0 Å². The Bertz CT molecular complexity index is 792. The van der Waals surface area contributed by atoms with Gasteiger partial charge in [0.25, 0.3) is 0 Å². The second kappa shape index (κ2) is 9.16. The maximum absolute atomic E-state index is 5.94. The minimum absolute atomic E-state index is 0.216. The molecule has 3 heterocycles. The van der Waals surface area contributed by atoms with Gasteiger partial charge < -0.3 is 25.0 Å². The molecule has 7 nitrogen and oxygen atoms in total. The molecule has 2 aromatic rings. The molecule has 0 aliphatic carbocycles. The highest BCUT2D eigenvalue weighted by Crippen LogP contribution is 2.26. The summed E-state index contributed by atoms with van der Waals surface area (Å²) >= 11 is 5.41. The minimum atomic E-state index is 0.216. The normalized spacial score (nSPS) is 18.9. The van der Waals surface area contributed by atoms with Gasteiger partial charge in [0.1, 0.15) is 11.6 Å². The maximum Gasteiger partial charge on any atom is 0.234 e. The van der Waals surface area contributed by atoms with E-state index in [0.717, 1.165) is 44.1 Å². The molecule has 2 saturated heterocycles. The summed E-state index contributed by atoms with van der Waals surface area (Å²) < 4.78 is 11.6. The fourth-order valence-corrected chi connectivity index (χ4v) is 3.57. The van der Waals surface area contributed by atoms with Crippen LogP contribution in [-0.2, 0) is 4.74 Å². The van der Waals surface area contributed by atoms with Crippen LogP contribution in [-0.4, -0.2) is 47.4 Å². The molecule has 8 heteroatoms. The van der Waals surface area contributed by atoms with Gasteiger partial charge in [0.2, 0.25) is 11.8 Å². The summed E-state index contributed by atoms with van der Waals surface area (Å²) in [6.07, 6.45) is 4.72. The van der Waals surface area contributed by atoms with E-state index in [1.807, 2.05) is 36.4 Å². The lowest BCUT2D eigenvalue weighted by Gasteiger charge is -2.19. The average molecular weight is 400 g/mol. The summed E-state index contributed by atoms with van der Waals surface area (Å²) in [4.78, 5) is 11.4. The van der Waals surface area contributed by atoms with Crippen LogP contribution in [0.2, 0.25) is 0 Å². The van der Waals surface area contributed by atoms with Crippen LogP contribution in [0.15, 0.2) is 36.4 Å². The van der Waals surface area contributed by atoms with Crippen LogP contribution >= 0.6 is 12.2 Å². The molecule has 0 amide bonds. The van der Waals surface area contributed by atoms with Crippen molar-refractivity contribution < 1.29 is 9.47 Å². The van der Waals surface area contributed by atoms with Gasteiger partial charge in [0.05, 0.1) is 6.10 Å². The maximum atomic E-state index is 5.94. The zero-order chi connectivity index (χ0) is 19.2. The van der Waals surface area contributed by atoms with Crippen LogP contribution in [0.5, 0.6) is 11.6 Å². The lowest BCUT2D eigenvalue weighted by molar-refractivity contribution is 0.114. The summed E-state index contributed by atoms with van der Waals surface area (Å²) in [6.45, 7) is 3.49. The largest absolute Gasteiger partial charge is 0.439 e. The molecule has 0 spiro atoms. The number of thiocarbonyl (C=S) groups is 1. The van der Waals surface area contributed by atoms with Gasteiger partial charge in [-0.15, -0.1) is 0 Å². The molecule has 1 atom stereocenters. The number of anilines is 2. The first kappa shape index (κ1) is 18.9. The molecule has 2 aliphatic heterocycles. The lowest BCUT2D eigenvalue weighted by Crippen LogP contribution is -2.35. The van der Waals surface area contributed by atoms with Crippen molar-refractivity contribution in [1.82, 2.24) is 15.3 Å². The van der Waals surface area contributed by atoms with Crippen LogP contribution in [0.3, 0.4) is 0 Å². The summed E-state index contributed by atoms with van der Waals surface area (Å²) in [5, 5.41) is 6.77. The minimum Gasteiger partial charge on any atom is -0.439 e. The van der Waals surface area contributed by atoms with Crippen molar-refractivity contribution in [3.05, 3.63) is 36.4 Å². The molecular formula is C20H25N5O2S. The third kappa shape index (κ3) is 5.08. The average Bonchev–Trinajstić information content (AvgIpc) is 3.41.